The van der Waals surface area contributed by atoms with E-state index in [4.69, 9.17) is 4.74 Å². The lowest BCUT2D eigenvalue weighted by Crippen LogP contribution is -2.06. The molecule has 0 saturated heterocycles. The Morgan fingerprint density at radius 1 is 1.58 bits per heavy atom. The van der Waals surface area contributed by atoms with Crippen LogP contribution in [0.1, 0.15) is 23.0 Å². The Morgan fingerprint density at radius 2 is 2.33 bits per heavy atom. The van der Waals surface area contributed by atoms with Gasteiger partial charge in [-0.2, -0.15) is 0 Å². The van der Waals surface area contributed by atoms with Crippen LogP contribution >= 0.6 is 0 Å². The first-order chi connectivity index (χ1) is 5.74. The van der Waals surface area contributed by atoms with Gasteiger partial charge in [-0.3, -0.25) is 0 Å². The zero-order chi connectivity index (χ0) is 8.97. The fraction of sp³-hybridized carbons (Fsp3) is 0.333. The molecule has 0 aromatic carbocycles. The SMILES string of the molecule is CCOC(=O)c1ccc(C)cn1. The van der Waals surface area contributed by atoms with Crippen molar-refractivity contribution in [3.8, 4) is 0 Å². The summed E-state index contributed by atoms with van der Waals surface area (Å²) < 4.78 is 4.77. The van der Waals surface area contributed by atoms with E-state index in [2.05, 4.69) is 4.98 Å². The van der Waals surface area contributed by atoms with Gasteiger partial charge in [-0.15, -0.1) is 0 Å². The molecule has 3 heteroatoms. The van der Waals surface area contributed by atoms with Crippen molar-refractivity contribution in [1.82, 2.24) is 4.98 Å². The summed E-state index contributed by atoms with van der Waals surface area (Å²) in [6, 6.07) is 3.49. The van der Waals surface area contributed by atoms with Crippen LogP contribution in [0.3, 0.4) is 0 Å². The molecule has 0 saturated carbocycles. The number of rotatable bonds is 2. The summed E-state index contributed by atoms with van der Waals surface area (Å²) >= 11 is 0. The second-order valence-electron chi connectivity index (χ2n) is 2.44. The number of esters is 1. The predicted molar refractivity (Wildman–Crippen MR) is 44.9 cm³/mol. The van der Waals surface area contributed by atoms with E-state index in [1.54, 1.807) is 19.2 Å². The van der Waals surface area contributed by atoms with Crippen LogP contribution in [0.5, 0.6) is 0 Å². The predicted octanol–water partition coefficient (Wildman–Crippen LogP) is 1.57. The number of aryl methyl sites for hydroxylation is 1. The first-order valence-electron chi connectivity index (χ1n) is 3.84. The van der Waals surface area contributed by atoms with Crippen LogP contribution in [0.4, 0.5) is 0 Å². The molecule has 0 spiro atoms. The van der Waals surface area contributed by atoms with Crippen LogP contribution < -0.4 is 0 Å². The van der Waals surface area contributed by atoms with E-state index in [0.717, 1.165) is 5.56 Å². The van der Waals surface area contributed by atoms with Gasteiger partial charge in [0.25, 0.3) is 0 Å². The van der Waals surface area contributed by atoms with Crippen LogP contribution in [0, 0.1) is 6.92 Å². The number of carbonyl (C=O) groups is 1. The third kappa shape index (κ3) is 2.05. The van der Waals surface area contributed by atoms with Crippen molar-refractivity contribution in [2.24, 2.45) is 0 Å². The lowest BCUT2D eigenvalue weighted by molar-refractivity contribution is 0.0519. The van der Waals surface area contributed by atoms with Gasteiger partial charge >= 0.3 is 5.97 Å². The molecule has 1 heterocycles. The van der Waals surface area contributed by atoms with E-state index in [9.17, 15) is 4.79 Å². The highest BCUT2D eigenvalue weighted by atomic mass is 16.5. The Morgan fingerprint density at radius 3 is 2.83 bits per heavy atom. The molecule has 1 rings (SSSR count). The van der Waals surface area contributed by atoms with Gasteiger partial charge in [0.05, 0.1) is 6.61 Å². The van der Waals surface area contributed by atoms with E-state index in [0.29, 0.717) is 12.3 Å². The van der Waals surface area contributed by atoms with Crippen molar-refractivity contribution in [3.63, 3.8) is 0 Å². The Balaban J connectivity index is 2.75. The van der Waals surface area contributed by atoms with Crippen molar-refractivity contribution in [2.45, 2.75) is 13.8 Å². The van der Waals surface area contributed by atoms with E-state index in [1.165, 1.54) is 0 Å². The molecular formula is C9H11NO2. The average Bonchev–Trinajstić information content (AvgIpc) is 2.06. The molecule has 0 aliphatic carbocycles. The number of aromatic nitrogens is 1. The normalized spacial score (nSPS) is 9.50. The van der Waals surface area contributed by atoms with Gasteiger partial charge in [-0.25, -0.2) is 9.78 Å². The quantitative estimate of drug-likeness (QED) is 0.624. The topological polar surface area (TPSA) is 39.2 Å². The molecule has 0 atom stereocenters. The van der Waals surface area contributed by atoms with Crippen molar-refractivity contribution in [1.29, 1.82) is 0 Å². The Hall–Kier alpha value is -1.38. The largest absolute Gasteiger partial charge is 0.461 e. The monoisotopic (exact) mass is 165 g/mol. The number of nitrogens with zero attached hydrogens (tertiary/aromatic N) is 1. The summed E-state index contributed by atoms with van der Waals surface area (Å²) in [7, 11) is 0. The van der Waals surface area contributed by atoms with E-state index < -0.39 is 0 Å². The highest BCUT2D eigenvalue weighted by Gasteiger charge is 2.05. The molecule has 0 amide bonds. The summed E-state index contributed by atoms with van der Waals surface area (Å²) in [6.45, 7) is 4.07. The van der Waals surface area contributed by atoms with Crippen molar-refractivity contribution in [3.05, 3.63) is 29.6 Å². The molecular weight excluding hydrogens is 154 g/mol. The molecule has 0 radical (unpaired) electrons. The molecule has 0 aliphatic rings. The van der Waals surface area contributed by atoms with Gasteiger partial charge in [0, 0.05) is 6.20 Å². The van der Waals surface area contributed by atoms with Gasteiger partial charge in [-0.1, -0.05) is 6.07 Å². The molecule has 64 valence electrons. The summed E-state index contributed by atoms with van der Waals surface area (Å²) in [6.07, 6.45) is 1.65. The van der Waals surface area contributed by atoms with Gasteiger partial charge < -0.3 is 4.74 Å². The fourth-order valence-electron chi connectivity index (χ4n) is 0.794. The third-order valence-electron chi connectivity index (χ3n) is 1.40. The highest BCUT2D eigenvalue weighted by Crippen LogP contribution is 1.99. The summed E-state index contributed by atoms with van der Waals surface area (Å²) in [4.78, 5) is 15.0. The first kappa shape index (κ1) is 8.71. The number of carbonyl (C=O) groups excluding carboxylic acids is 1. The zero-order valence-electron chi connectivity index (χ0n) is 7.20. The molecule has 0 N–H and O–H groups in total. The second-order valence-corrected chi connectivity index (χ2v) is 2.44. The number of pyridine rings is 1. The van der Waals surface area contributed by atoms with E-state index in [-0.39, 0.29) is 5.97 Å². The Labute approximate surface area is 71.4 Å². The maximum absolute atomic E-state index is 11.1. The lowest BCUT2D eigenvalue weighted by Gasteiger charge is -1.99. The molecule has 0 unspecified atom stereocenters. The summed E-state index contributed by atoms with van der Waals surface area (Å²) in [5, 5.41) is 0. The van der Waals surface area contributed by atoms with Crippen LogP contribution in [-0.4, -0.2) is 17.6 Å². The minimum Gasteiger partial charge on any atom is -0.461 e. The molecule has 0 aliphatic heterocycles. The first-order valence-corrected chi connectivity index (χ1v) is 3.84. The standard InChI is InChI=1S/C9H11NO2/c1-3-12-9(11)8-5-4-7(2)6-10-8/h4-6H,3H2,1-2H3. The molecule has 1 aromatic rings. The smallest absolute Gasteiger partial charge is 0.356 e. The fourth-order valence-corrected chi connectivity index (χ4v) is 0.794. The zero-order valence-corrected chi connectivity index (χ0v) is 7.20. The average molecular weight is 165 g/mol. The van der Waals surface area contributed by atoms with Gasteiger partial charge in [0.1, 0.15) is 5.69 Å². The maximum atomic E-state index is 11.1. The van der Waals surface area contributed by atoms with Crippen molar-refractivity contribution < 1.29 is 9.53 Å². The minimum atomic E-state index is -0.363. The minimum absolute atomic E-state index is 0.363. The van der Waals surface area contributed by atoms with Gasteiger partial charge in [0.2, 0.25) is 0 Å². The Bertz CT molecular complexity index is 266. The molecule has 0 fully saturated rings. The lowest BCUT2D eigenvalue weighted by atomic mass is 10.3. The summed E-state index contributed by atoms with van der Waals surface area (Å²) in [5.74, 6) is -0.363. The molecule has 12 heavy (non-hydrogen) atoms. The van der Waals surface area contributed by atoms with E-state index in [1.807, 2.05) is 13.0 Å². The van der Waals surface area contributed by atoms with Crippen LogP contribution in [-0.2, 0) is 4.74 Å². The Kier molecular flexibility index (Phi) is 2.80. The van der Waals surface area contributed by atoms with Gasteiger partial charge in [0.15, 0.2) is 0 Å². The molecule has 1 aromatic heterocycles. The summed E-state index contributed by atoms with van der Waals surface area (Å²) in [5.41, 5.74) is 1.39. The van der Waals surface area contributed by atoms with Crippen molar-refractivity contribution in [2.75, 3.05) is 6.61 Å². The second kappa shape index (κ2) is 3.85. The van der Waals surface area contributed by atoms with Crippen molar-refractivity contribution >= 4 is 5.97 Å². The highest BCUT2D eigenvalue weighted by molar-refractivity contribution is 5.87. The van der Waals surface area contributed by atoms with Crippen LogP contribution in [0.25, 0.3) is 0 Å². The maximum Gasteiger partial charge on any atom is 0.356 e. The van der Waals surface area contributed by atoms with E-state index >= 15 is 0 Å². The van der Waals surface area contributed by atoms with Crippen LogP contribution in [0.15, 0.2) is 18.3 Å². The molecule has 3 nitrogen and oxygen atoms in total. The van der Waals surface area contributed by atoms with Gasteiger partial charge in [-0.05, 0) is 25.5 Å². The number of ether oxygens (including phenoxy) is 1. The van der Waals surface area contributed by atoms with Crippen LogP contribution in [0.2, 0.25) is 0 Å². The number of hydrogen-bond acceptors (Lipinski definition) is 3. The number of hydrogen-bond donors (Lipinski definition) is 0. The third-order valence-corrected chi connectivity index (χ3v) is 1.40. The molecule has 0 bridgehead atoms.